The number of nitro groups is 1. The molecule has 2 N–H and O–H groups in total. The maximum absolute atomic E-state index is 12.2. The van der Waals surface area contributed by atoms with Gasteiger partial charge in [-0.15, -0.1) is 0 Å². The number of nitro benzene ring substituents is 1. The van der Waals surface area contributed by atoms with Crippen molar-refractivity contribution in [1.82, 2.24) is 5.32 Å². The minimum absolute atomic E-state index is 0.152. The number of aliphatic carboxylic acids is 1. The maximum atomic E-state index is 12.2. The normalized spacial score (nSPS) is 11.0. The third-order valence-electron chi connectivity index (χ3n) is 3.37. The fourth-order valence-corrected chi connectivity index (χ4v) is 2.09. The number of rotatable bonds is 6. The number of carboxylic acid groups (broad SMARTS) is 1. The van der Waals surface area contributed by atoms with Gasteiger partial charge in [-0.3, -0.25) is 14.9 Å². The van der Waals surface area contributed by atoms with E-state index in [1.807, 2.05) is 0 Å². The van der Waals surface area contributed by atoms with E-state index in [-0.39, 0.29) is 23.4 Å². The van der Waals surface area contributed by atoms with Gasteiger partial charge in [0.05, 0.1) is 4.92 Å². The Bertz CT molecular complexity index is 584. The highest BCUT2D eigenvalue weighted by Gasteiger charge is 2.37. The lowest BCUT2D eigenvalue weighted by Gasteiger charge is -2.27. The lowest BCUT2D eigenvalue weighted by atomic mass is 9.92. The first-order valence-electron chi connectivity index (χ1n) is 6.27. The van der Waals surface area contributed by atoms with Crippen molar-refractivity contribution in [2.45, 2.75) is 32.2 Å². The predicted octanol–water partition coefficient (Wildman–Crippen LogP) is 2.62. The molecule has 0 fully saturated rings. The van der Waals surface area contributed by atoms with Crippen LogP contribution in [0.5, 0.6) is 0 Å². The number of carboxylic acids is 1. The molecular formula is C13H15ClN2O5. The minimum atomic E-state index is -1.47. The van der Waals surface area contributed by atoms with Gasteiger partial charge in [0.2, 0.25) is 0 Å². The molecule has 0 spiro atoms. The Morgan fingerprint density at radius 3 is 2.38 bits per heavy atom. The molecule has 1 aromatic carbocycles. The first-order valence-corrected chi connectivity index (χ1v) is 6.65. The van der Waals surface area contributed by atoms with Crippen LogP contribution in [0, 0.1) is 10.1 Å². The third kappa shape index (κ3) is 3.49. The van der Waals surface area contributed by atoms with E-state index in [1.165, 1.54) is 6.07 Å². The molecule has 1 rings (SSSR count). The molecule has 1 aromatic rings. The van der Waals surface area contributed by atoms with E-state index in [2.05, 4.69) is 5.32 Å². The van der Waals surface area contributed by atoms with Gasteiger partial charge in [-0.1, -0.05) is 25.4 Å². The Morgan fingerprint density at radius 1 is 1.38 bits per heavy atom. The van der Waals surface area contributed by atoms with Crippen molar-refractivity contribution in [2.24, 2.45) is 0 Å². The molecule has 21 heavy (non-hydrogen) atoms. The quantitative estimate of drug-likeness (QED) is 0.619. The molecule has 0 bridgehead atoms. The van der Waals surface area contributed by atoms with Crippen LogP contribution in [-0.2, 0) is 4.79 Å². The van der Waals surface area contributed by atoms with Crippen LogP contribution in [0.15, 0.2) is 18.2 Å². The van der Waals surface area contributed by atoms with Crippen molar-refractivity contribution < 1.29 is 19.6 Å². The first-order chi connectivity index (χ1) is 9.77. The number of nitrogens with one attached hydrogen (secondary N) is 1. The number of halogens is 1. The molecule has 114 valence electrons. The molecule has 0 atom stereocenters. The van der Waals surface area contributed by atoms with Crippen LogP contribution >= 0.6 is 11.6 Å². The van der Waals surface area contributed by atoms with Crippen molar-refractivity contribution in [1.29, 1.82) is 0 Å². The Balaban J connectivity index is 3.23. The van der Waals surface area contributed by atoms with Crippen molar-refractivity contribution >= 4 is 29.2 Å². The summed E-state index contributed by atoms with van der Waals surface area (Å²) < 4.78 is 0. The average Bonchev–Trinajstić information content (AvgIpc) is 2.43. The summed E-state index contributed by atoms with van der Waals surface area (Å²) in [4.78, 5) is 33.8. The van der Waals surface area contributed by atoms with E-state index >= 15 is 0 Å². The second-order valence-corrected chi connectivity index (χ2v) is 4.90. The van der Waals surface area contributed by atoms with Crippen LogP contribution in [0.25, 0.3) is 0 Å². The van der Waals surface area contributed by atoms with Crippen molar-refractivity contribution in [2.75, 3.05) is 0 Å². The SMILES string of the molecule is CCC(CC)(NC(=O)c1cc(Cl)ccc1[N+](=O)[O-])C(=O)O. The molecule has 1 amide bonds. The number of benzene rings is 1. The highest BCUT2D eigenvalue weighted by atomic mass is 35.5. The highest BCUT2D eigenvalue weighted by molar-refractivity contribution is 6.31. The summed E-state index contributed by atoms with van der Waals surface area (Å²) in [5, 5.41) is 22.7. The predicted molar refractivity (Wildman–Crippen MR) is 76.5 cm³/mol. The Kier molecular flexibility index (Phi) is 5.26. The molecule has 7 nitrogen and oxygen atoms in total. The smallest absolute Gasteiger partial charge is 0.329 e. The number of hydrogen-bond acceptors (Lipinski definition) is 4. The van der Waals surface area contributed by atoms with Gasteiger partial charge < -0.3 is 10.4 Å². The molecule has 0 aliphatic heterocycles. The Morgan fingerprint density at radius 2 is 1.95 bits per heavy atom. The van der Waals surface area contributed by atoms with Crippen LogP contribution in [0.2, 0.25) is 5.02 Å². The molecule has 0 radical (unpaired) electrons. The molecule has 0 saturated carbocycles. The molecule has 0 aliphatic rings. The van der Waals surface area contributed by atoms with Gasteiger partial charge in [-0.25, -0.2) is 4.79 Å². The summed E-state index contributed by atoms with van der Waals surface area (Å²) in [6.45, 7) is 3.23. The molecule has 0 unspecified atom stereocenters. The summed E-state index contributed by atoms with van der Waals surface area (Å²) in [6, 6.07) is 3.55. The van der Waals surface area contributed by atoms with Gasteiger partial charge in [-0.05, 0) is 25.0 Å². The average molecular weight is 315 g/mol. The second kappa shape index (κ2) is 6.53. The Labute approximate surface area is 126 Å². The largest absolute Gasteiger partial charge is 0.480 e. The molecule has 0 heterocycles. The zero-order chi connectivity index (χ0) is 16.2. The van der Waals surface area contributed by atoms with E-state index in [9.17, 15) is 24.8 Å². The van der Waals surface area contributed by atoms with E-state index in [0.717, 1.165) is 12.1 Å². The summed E-state index contributed by atoms with van der Waals surface area (Å²) in [7, 11) is 0. The second-order valence-electron chi connectivity index (χ2n) is 4.47. The van der Waals surface area contributed by atoms with Crippen LogP contribution in [0.4, 0.5) is 5.69 Å². The van der Waals surface area contributed by atoms with E-state index < -0.39 is 28.0 Å². The zero-order valence-corrected chi connectivity index (χ0v) is 12.3. The van der Waals surface area contributed by atoms with E-state index in [4.69, 9.17) is 11.6 Å². The standard InChI is InChI=1S/C13H15ClN2O5/c1-3-13(4-2,12(18)19)15-11(17)9-7-8(14)5-6-10(9)16(20)21/h5-7H,3-4H2,1-2H3,(H,15,17)(H,18,19). The highest BCUT2D eigenvalue weighted by Crippen LogP contribution is 2.24. The van der Waals surface area contributed by atoms with Gasteiger partial charge in [-0.2, -0.15) is 0 Å². The lowest BCUT2D eigenvalue weighted by molar-refractivity contribution is -0.385. The number of hydrogen-bond donors (Lipinski definition) is 2. The van der Waals surface area contributed by atoms with Gasteiger partial charge in [0.1, 0.15) is 11.1 Å². The third-order valence-corrected chi connectivity index (χ3v) is 3.60. The first kappa shape index (κ1) is 16.9. The van der Waals surface area contributed by atoms with Crippen LogP contribution in [-0.4, -0.2) is 27.4 Å². The molecule has 8 heteroatoms. The topological polar surface area (TPSA) is 110 Å². The zero-order valence-electron chi connectivity index (χ0n) is 11.6. The molecule has 0 saturated heterocycles. The number of amides is 1. The van der Waals surface area contributed by atoms with Gasteiger partial charge in [0.25, 0.3) is 11.6 Å². The number of carbonyl (C=O) groups excluding carboxylic acids is 1. The van der Waals surface area contributed by atoms with Crippen molar-refractivity contribution in [3.8, 4) is 0 Å². The molecule has 0 aromatic heterocycles. The van der Waals surface area contributed by atoms with Crippen LogP contribution < -0.4 is 5.32 Å². The fourth-order valence-electron chi connectivity index (χ4n) is 1.92. The summed E-state index contributed by atoms with van der Waals surface area (Å²) in [5.74, 6) is -2.03. The van der Waals surface area contributed by atoms with Crippen LogP contribution in [0.3, 0.4) is 0 Å². The maximum Gasteiger partial charge on any atom is 0.329 e. The van der Waals surface area contributed by atoms with Crippen molar-refractivity contribution in [3.05, 3.63) is 38.9 Å². The van der Waals surface area contributed by atoms with Gasteiger partial charge in [0, 0.05) is 11.1 Å². The Hall–Kier alpha value is -2.15. The lowest BCUT2D eigenvalue weighted by Crippen LogP contribution is -2.53. The number of carbonyl (C=O) groups is 2. The summed E-state index contributed by atoms with van der Waals surface area (Å²) in [5.41, 5.74) is -2.16. The van der Waals surface area contributed by atoms with Crippen LogP contribution in [0.1, 0.15) is 37.0 Å². The minimum Gasteiger partial charge on any atom is -0.480 e. The number of nitrogens with zero attached hydrogens (tertiary/aromatic N) is 1. The monoisotopic (exact) mass is 314 g/mol. The van der Waals surface area contributed by atoms with Crippen molar-refractivity contribution in [3.63, 3.8) is 0 Å². The van der Waals surface area contributed by atoms with Gasteiger partial charge in [0.15, 0.2) is 0 Å². The summed E-state index contributed by atoms with van der Waals surface area (Å²) in [6.07, 6.45) is 0.303. The molecule has 0 aliphatic carbocycles. The summed E-state index contributed by atoms with van der Waals surface area (Å²) >= 11 is 5.75. The van der Waals surface area contributed by atoms with Gasteiger partial charge >= 0.3 is 5.97 Å². The fraction of sp³-hybridized carbons (Fsp3) is 0.385. The molecular weight excluding hydrogens is 300 g/mol. The van der Waals surface area contributed by atoms with E-state index in [1.54, 1.807) is 13.8 Å². The van der Waals surface area contributed by atoms with E-state index in [0.29, 0.717) is 0 Å².